The van der Waals surface area contributed by atoms with Gasteiger partial charge >= 0.3 is 0 Å². The lowest BCUT2D eigenvalue weighted by Crippen LogP contribution is -2.42. The number of nitrogens with two attached hydrogens (primary N) is 1. The number of nitrogens with one attached hydrogen (secondary N) is 1. The van der Waals surface area contributed by atoms with E-state index in [0.29, 0.717) is 24.4 Å². The van der Waals surface area contributed by atoms with Crippen molar-refractivity contribution in [3.63, 3.8) is 0 Å². The van der Waals surface area contributed by atoms with Crippen LogP contribution in [0, 0.1) is 6.92 Å². The number of likely N-dealkylation sites (tertiary alicyclic amines) is 1. The molecule has 2 unspecified atom stereocenters. The summed E-state index contributed by atoms with van der Waals surface area (Å²) in [6.45, 7) is 8.82. The highest BCUT2D eigenvalue weighted by Crippen LogP contribution is 2.36. The van der Waals surface area contributed by atoms with Crippen LogP contribution in [0.4, 0.5) is 5.69 Å². The number of ether oxygens (including phenoxy) is 1. The van der Waals surface area contributed by atoms with Gasteiger partial charge in [-0.05, 0) is 68.0 Å². The Morgan fingerprint density at radius 1 is 1.21 bits per heavy atom. The first-order valence-corrected chi connectivity index (χ1v) is 13.5. The van der Waals surface area contributed by atoms with Crippen molar-refractivity contribution >= 4 is 28.4 Å². The van der Waals surface area contributed by atoms with E-state index in [4.69, 9.17) is 10.5 Å². The van der Waals surface area contributed by atoms with Crippen molar-refractivity contribution in [2.45, 2.75) is 57.5 Å². The average molecular weight is 517 g/mol. The van der Waals surface area contributed by atoms with Crippen LogP contribution < -0.4 is 11.1 Å². The Hall–Kier alpha value is -3.42. The predicted octanol–water partition coefficient (Wildman–Crippen LogP) is 4.78. The number of aryl methyl sites for hydroxylation is 2. The van der Waals surface area contributed by atoms with Crippen LogP contribution in [0.1, 0.15) is 48.4 Å². The van der Waals surface area contributed by atoms with Gasteiger partial charge in [-0.3, -0.25) is 9.59 Å². The molecule has 2 heterocycles. The van der Waals surface area contributed by atoms with Crippen LogP contribution in [0.25, 0.3) is 10.9 Å². The second-order valence-electron chi connectivity index (χ2n) is 10.3. The minimum atomic E-state index is -0.265. The first-order valence-electron chi connectivity index (χ1n) is 13.5. The molecule has 1 aliphatic rings. The minimum absolute atomic E-state index is 0.122. The normalized spacial score (nSPS) is 16.4. The Balaban J connectivity index is 1.41. The van der Waals surface area contributed by atoms with Crippen molar-refractivity contribution in [2.75, 3.05) is 32.1 Å². The molecule has 2 amide bonds. The van der Waals surface area contributed by atoms with Crippen LogP contribution in [0.5, 0.6) is 0 Å². The standard InChI is InChI=1S/C31H40N4O3/c1-4-29(36)33-26-14-12-23(13-15-26)19-25(32)20-30(37)34-16-7-9-24(21-34)31-22(2)27-10-5-6-11-28(27)35(31)17-8-18-38-3/h4-6,10-15,24-25H,1,7-9,16-21,32H2,2-3H3,(H,33,36). The molecule has 1 aliphatic heterocycles. The van der Waals surface area contributed by atoms with E-state index in [1.807, 2.05) is 29.2 Å². The van der Waals surface area contributed by atoms with Crippen LogP contribution in [-0.2, 0) is 27.3 Å². The highest BCUT2D eigenvalue weighted by molar-refractivity contribution is 5.98. The zero-order valence-corrected chi connectivity index (χ0v) is 22.6. The quantitative estimate of drug-likeness (QED) is 0.284. The molecule has 1 aromatic heterocycles. The second kappa shape index (κ2) is 12.9. The van der Waals surface area contributed by atoms with E-state index in [2.05, 4.69) is 47.7 Å². The highest BCUT2D eigenvalue weighted by Gasteiger charge is 2.29. The molecule has 0 saturated carbocycles. The third-order valence-electron chi connectivity index (χ3n) is 7.51. The zero-order chi connectivity index (χ0) is 27.1. The molecule has 4 rings (SSSR count). The van der Waals surface area contributed by atoms with Gasteiger partial charge in [-0.1, -0.05) is 36.9 Å². The van der Waals surface area contributed by atoms with Crippen molar-refractivity contribution in [1.29, 1.82) is 0 Å². The van der Waals surface area contributed by atoms with Crippen molar-refractivity contribution in [2.24, 2.45) is 5.73 Å². The van der Waals surface area contributed by atoms with Gasteiger partial charge in [0.2, 0.25) is 11.8 Å². The summed E-state index contributed by atoms with van der Waals surface area (Å²) in [5.74, 6) is 0.180. The largest absolute Gasteiger partial charge is 0.385 e. The van der Waals surface area contributed by atoms with E-state index in [1.165, 1.54) is 28.2 Å². The summed E-state index contributed by atoms with van der Waals surface area (Å²) in [4.78, 5) is 26.8. The molecule has 2 atom stereocenters. The Morgan fingerprint density at radius 3 is 2.71 bits per heavy atom. The van der Waals surface area contributed by atoms with E-state index in [1.54, 1.807) is 7.11 Å². The fraction of sp³-hybridized carbons (Fsp3) is 0.419. The maximum atomic E-state index is 13.3. The molecule has 0 bridgehead atoms. The molecule has 1 fully saturated rings. The van der Waals surface area contributed by atoms with Gasteiger partial charge < -0.3 is 25.3 Å². The summed E-state index contributed by atoms with van der Waals surface area (Å²) in [7, 11) is 1.74. The Bertz CT molecular complexity index is 1260. The number of hydrogen-bond acceptors (Lipinski definition) is 4. The topological polar surface area (TPSA) is 89.6 Å². The van der Waals surface area contributed by atoms with Crippen LogP contribution in [0.2, 0.25) is 0 Å². The summed E-state index contributed by atoms with van der Waals surface area (Å²) in [5, 5.41) is 4.03. The number of amides is 2. The molecule has 3 N–H and O–H groups in total. The molecule has 7 heteroatoms. The number of anilines is 1. The maximum Gasteiger partial charge on any atom is 0.247 e. The number of fused-ring (bicyclic) bond motifs is 1. The minimum Gasteiger partial charge on any atom is -0.385 e. The number of rotatable bonds is 11. The number of carbonyl (C=O) groups is 2. The summed E-state index contributed by atoms with van der Waals surface area (Å²) in [5.41, 5.74) is 12.1. The molecule has 1 saturated heterocycles. The lowest BCUT2D eigenvalue weighted by Gasteiger charge is -2.34. The number of piperidine rings is 1. The van der Waals surface area contributed by atoms with E-state index in [0.717, 1.165) is 51.1 Å². The lowest BCUT2D eigenvalue weighted by atomic mass is 9.91. The fourth-order valence-electron chi connectivity index (χ4n) is 5.70. The van der Waals surface area contributed by atoms with E-state index >= 15 is 0 Å². The average Bonchev–Trinajstić information content (AvgIpc) is 3.21. The fourth-order valence-corrected chi connectivity index (χ4v) is 5.70. The van der Waals surface area contributed by atoms with Crippen LogP contribution >= 0.6 is 0 Å². The van der Waals surface area contributed by atoms with Gasteiger partial charge in [-0.2, -0.15) is 0 Å². The van der Waals surface area contributed by atoms with Crippen LogP contribution in [-0.4, -0.2) is 54.1 Å². The van der Waals surface area contributed by atoms with Crippen molar-refractivity contribution < 1.29 is 14.3 Å². The number of benzene rings is 2. The number of aromatic nitrogens is 1. The molecule has 38 heavy (non-hydrogen) atoms. The number of carbonyl (C=O) groups excluding carboxylic acids is 2. The van der Waals surface area contributed by atoms with Gasteiger partial charge in [-0.15, -0.1) is 0 Å². The van der Waals surface area contributed by atoms with E-state index < -0.39 is 0 Å². The van der Waals surface area contributed by atoms with Gasteiger partial charge in [-0.25, -0.2) is 0 Å². The van der Waals surface area contributed by atoms with Gasteiger partial charge in [0.1, 0.15) is 0 Å². The van der Waals surface area contributed by atoms with Gasteiger partial charge in [0.05, 0.1) is 0 Å². The zero-order valence-electron chi connectivity index (χ0n) is 22.6. The van der Waals surface area contributed by atoms with Crippen LogP contribution in [0.3, 0.4) is 0 Å². The summed E-state index contributed by atoms with van der Waals surface area (Å²) < 4.78 is 7.78. The molecule has 3 aromatic rings. The predicted molar refractivity (Wildman–Crippen MR) is 153 cm³/mol. The first-order chi connectivity index (χ1) is 18.4. The maximum absolute atomic E-state index is 13.3. The summed E-state index contributed by atoms with van der Waals surface area (Å²) in [6, 6.07) is 15.9. The SMILES string of the molecule is C=CC(=O)Nc1ccc(CC(N)CC(=O)N2CCCC(c3c(C)c4ccccc4n3CCCOC)C2)cc1. The molecule has 7 nitrogen and oxygen atoms in total. The molecule has 0 spiro atoms. The van der Waals surface area contributed by atoms with E-state index in [-0.39, 0.29) is 17.9 Å². The van der Waals surface area contributed by atoms with Gasteiger partial charge in [0, 0.05) is 74.0 Å². The first kappa shape index (κ1) is 27.6. The summed E-state index contributed by atoms with van der Waals surface area (Å²) in [6.07, 6.45) is 5.17. The molecule has 2 aromatic carbocycles. The third kappa shape index (κ3) is 6.52. The Morgan fingerprint density at radius 2 is 1.97 bits per heavy atom. The summed E-state index contributed by atoms with van der Waals surface area (Å²) >= 11 is 0. The molecular formula is C31H40N4O3. The molecular weight excluding hydrogens is 476 g/mol. The van der Waals surface area contributed by atoms with Crippen LogP contribution in [0.15, 0.2) is 61.2 Å². The van der Waals surface area contributed by atoms with E-state index in [9.17, 15) is 9.59 Å². The van der Waals surface area contributed by atoms with Crippen molar-refractivity contribution in [3.05, 3.63) is 78.0 Å². The van der Waals surface area contributed by atoms with Crippen molar-refractivity contribution in [3.8, 4) is 0 Å². The lowest BCUT2D eigenvalue weighted by molar-refractivity contribution is -0.132. The van der Waals surface area contributed by atoms with Gasteiger partial charge in [0.15, 0.2) is 0 Å². The third-order valence-corrected chi connectivity index (χ3v) is 7.51. The monoisotopic (exact) mass is 516 g/mol. The number of para-hydroxylation sites is 1. The number of hydrogen-bond donors (Lipinski definition) is 2. The Kier molecular flexibility index (Phi) is 9.37. The number of nitrogens with zero attached hydrogens (tertiary/aromatic N) is 2. The molecule has 0 radical (unpaired) electrons. The van der Waals surface area contributed by atoms with Crippen molar-refractivity contribution in [1.82, 2.24) is 9.47 Å². The molecule has 0 aliphatic carbocycles. The Labute approximate surface area is 225 Å². The molecule has 202 valence electrons. The number of methoxy groups -OCH3 is 1. The second-order valence-corrected chi connectivity index (χ2v) is 10.3. The highest BCUT2D eigenvalue weighted by atomic mass is 16.5. The van der Waals surface area contributed by atoms with Gasteiger partial charge in [0.25, 0.3) is 0 Å². The smallest absolute Gasteiger partial charge is 0.247 e.